The van der Waals surface area contributed by atoms with Gasteiger partial charge in [-0.25, -0.2) is 0 Å². The first-order chi connectivity index (χ1) is 9.68. The standard InChI is InChI=1S/C12H16N2.C6H6/c1-9-7-10(2)12(11(3)8-9)14-6-4-5-13-14;1-2-4-6-5-3-1/h5,7-8H,4,6H2,1-3H3;1-6H. The van der Waals surface area contributed by atoms with Gasteiger partial charge in [-0.3, -0.25) is 5.01 Å². The fourth-order valence-electron chi connectivity index (χ4n) is 2.53. The predicted octanol–water partition coefficient (Wildman–Crippen LogP) is 4.49. The zero-order valence-corrected chi connectivity index (χ0v) is 12.5. The van der Waals surface area contributed by atoms with Crippen molar-refractivity contribution in [2.45, 2.75) is 27.2 Å². The van der Waals surface area contributed by atoms with Crippen LogP contribution in [0.5, 0.6) is 0 Å². The molecule has 2 nitrogen and oxygen atoms in total. The average molecular weight is 266 g/mol. The third-order valence-corrected chi connectivity index (χ3v) is 3.25. The topological polar surface area (TPSA) is 15.6 Å². The molecule has 104 valence electrons. The van der Waals surface area contributed by atoms with E-state index in [1.165, 1.54) is 22.4 Å². The van der Waals surface area contributed by atoms with Crippen molar-refractivity contribution < 1.29 is 0 Å². The molecule has 2 aromatic rings. The first-order valence-corrected chi connectivity index (χ1v) is 7.06. The second kappa shape index (κ2) is 6.90. The fraction of sp³-hybridized carbons (Fsp3) is 0.278. The van der Waals surface area contributed by atoms with Crippen molar-refractivity contribution in [1.29, 1.82) is 0 Å². The summed E-state index contributed by atoms with van der Waals surface area (Å²) < 4.78 is 0. The molecule has 2 aromatic carbocycles. The number of anilines is 1. The van der Waals surface area contributed by atoms with Crippen LogP contribution in [0.2, 0.25) is 0 Å². The van der Waals surface area contributed by atoms with Crippen LogP contribution < -0.4 is 5.01 Å². The van der Waals surface area contributed by atoms with Crippen LogP contribution in [0, 0.1) is 20.8 Å². The Morgan fingerprint density at radius 3 is 1.75 bits per heavy atom. The molecule has 0 aromatic heterocycles. The molecule has 0 radical (unpaired) electrons. The highest BCUT2D eigenvalue weighted by molar-refractivity contribution is 5.68. The molecule has 20 heavy (non-hydrogen) atoms. The first kappa shape index (κ1) is 14.3. The van der Waals surface area contributed by atoms with Crippen molar-refractivity contribution in [3.63, 3.8) is 0 Å². The van der Waals surface area contributed by atoms with E-state index in [2.05, 4.69) is 43.0 Å². The van der Waals surface area contributed by atoms with Crippen molar-refractivity contribution in [2.75, 3.05) is 11.6 Å². The van der Waals surface area contributed by atoms with E-state index >= 15 is 0 Å². The van der Waals surface area contributed by atoms with Crippen LogP contribution in [0.25, 0.3) is 0 Å². The van der Waals surface area contributed by atoms with Gasteiger partial charge < -0.3 is 0 Å². The Balaban J connectivity index is 0.000000205. The maximum Gasteiger partial charge on any atom is 0.0652 e. The highest BCUT2D eigenvalue weighted by atomic mass is 15.5. The molecule has 0 spiro atoms. The van der Waals surface area contributed by atoms with Gasteiger partial charge in [0, 0.05) is 19.2 Å². The zero-order chi connectivity index (χ0) is 14.4. The van der Waals surface area contributed by atoms with Gasteiger partial charge in [-0.15, -0.1) is 0 Å². The van der Waals surface area contributed by atoms with Gasteiger partial charge in [0.1, 0.15) is 0 Å². The lowest BCUT2D eigenvalue weighted by Crippen LogP contribution is -2.14. The molecule has 0 saturated heterocycles. The van der Waals surface area contributed by atoms with Crippen LogP contribution >= 0.6 is 0 Å². The number of hydrazone groups is 1. The summed E-state index contributed by atoms with van der Waals surface area (Å²) >= 11 is 0. The van der Waals surface area contributed by atoms with Crippen molar-refractivity contribution in [1.82, 2.24) is 0 Å². The quantitative estimate of drug-likeness (QED) is 0.742. The van der Waals surface area contributed by atoms with Crippen LogP contribution in [-0.4, -0.2) is 12.8 Å². The third-order valence-electron chi connectivity index (χ3n) is 3.25. The average Bonchev–Trinajstić information content (AvgIpc) is 2.94. The van der Waals surface area contributed by atoms with E-state index in [-0.39, 0.29) is 0 Å². The largest absolute Gasteiger partial charge is 0.265 e. The van der Waals surface area contributed by atoms with Crippen molar-refractivity contribution in [3.05, 3.63) is 65.2 Å². The van der Waals surface area contributed by atoms with Gasteiger partial charge in [0.15, 0.2) is 0 Å². The molecule has 0 bridgehead atoms. The molecule has 0 fully saturated rings. The van der Waals surface area contributed by atoms with Crippen LogP contribution in [0.4, 0.5) is 5.69 Å². The van der Waals surface area contributed by atoms with Gasteiger partial charge in [0.2, 0.25) is 0 Å². The Labute approximate surface area is 121 Å². The number of benzene rings is 2. The number of aryl methyl sites for hydroxylation is 3. The second-order valence-corrected chi connectivity index (χ2v) is 5.11. The van der Waals surface area contributed by atoms with Crippen LogP contribution in [0.15, 0.2) is 53.6 Å². The minimum atomic E-state index is 1.02. The normalized spacial score (nSPS) is 13.1. The van der Waals surface area contributed by atoms with E-state index in [1.807, 2.05) is 42.6 Å². The number of hydrogen-bond acceptors (Lipinski definition) is 2. The second-order valence-electron chi connectivity index (χ2n) is 5.11. The van der Waals surface area contributed by atoms with Crippen LogP contribution in [0.3, 0.4) is 0 Å². The molecule has 3 rings (SSSR count). The van der Waals surface area contributed by atoms with Crippen molar-refractivity contribution in [2.24, 2.45) is 5.10 Å². The van der Waals surface area contributed by atoms with Gasteiger partial charge >= 0.3 is 0 Å². The summed E-state index contributed by atoms with van der Waals surface area (Å²) in [5.74, 6) is 0. The number of nitrogens with zero attached hydrogens (tertiary/aromatic N) is 2. The molecule has 0 atom stereocenters. The first-order valence-electron chi connectivity index (χ1n) is 7.06. The van der Waals surface area contributed by atoms with Crippen molar-refractivity contribution in [3.8, 4) is 0 Å². The minimum absolute atomic E-state index is 1.02. The SMILES string of the molecule is Cc1cc(C)c(N2CCC=N2)c(C)c1.c1ccccc1. The van der Waals surface area contributed by atoms with E-state index in [9.17, 15) is 0 Å². The van der Waals surface area contributed by atoms with Gasteiger partial charge in [-0.1, -0.05) is 54.1 Å². The Hall–Kier alpha value is -2.09. The molecular formula is C18H22N2. The minimum Gasteiger partial charge on any atom is -0.265 e. The Morgan fingerprint density at radius 2 is 1.35 bits per heavy atom. The zero-order valence-electron chi connectivity index (χ0n) is 12.5. The van der Waals surface area contributed by atoms with Crippen LogP contribution in [0.1, 0.15) is 23.1 Å². The highest BCUT2D eigenvalue weighted by Gasteiger charge is 2.13. The summed E-state index contributed by atoms with van der Waals surface area (Å²) in [5, 5.41) is 6.47. The maximum atomic E-state index is 4.37. The smallest absolute Gasteiger partial charge is 0.0652 e. The van der Waals surface area contributed by atoms with E-state index in [0.717, 1.165) is 13.0 Å². The highest BCUT2D eigenvalue weighted by Crippen LogP contribution is 2.27. The van der Waals surface area contributed by atoms with Gasteiger partial charge in [-0.05, 0) is 31.9 Å². The predicted molar refractivity (Wildman–Crippen MR) is 87.6 cm³/mol. The summed E-state index contributed by atoms with van der Waals surface area (Å²) in [5.41, 5.74) is 5.25. The summed E-state index contributed by atoms with van der Waals surface area (Å²) in [7, 11) is 0. The summed E-state index contributed by atoms with van der Waals surface area (Å²) in [6, 6.07) is 16.4. The lowest BCUT2D eigenvalue weighted by molar-refractivity contribution is 0.909. The van der Waals surface area contributed by atoms with Crippen LogP contribution in [-0.2, 0) is 0 Å². The lowest BCUT2D eigenvalue weighted by Gasteiger charge is -2.19. The third kappa shape index (κ3) is 3.70. The summed E-state index contributed by atoms with van der Waals surface area (Å²) in [6.07, 6.45) is 3.05. The molecule has 2 heteroatoms. The molecule has 1 aliphatic heterocycles. The van der Waals surface area contributed by atoms with E-state index in [1.54, 1.807) is 0 Å². The van der Waals surface area contributed by atoms with Gasteiger partial charge in [-0.2, -0.15) is 5.10 Å². The molecule has 0 amide bonds. The number of hydrogen-bond donors (Lipinski definition) is 0. The van der Waals surface area contributed by atoms with E-state index in [4.69, 9.17) is 0 Å². The molecule has 0 unspecified atom stereocenters. The fourth-order valence-corrected chi connectivity index (χ4v) is 2.53. The van der Waals surface area contributed by atoms with E-state index < -0.39 is 0 Å². The summed E-state index contributed by atoms with van der Waals surface area (Å²) in [4.78, 5) is 0. The Bertz CT molecular complexity index is 524. The molecule has 0 N–H and O–H groups in total. The molecule has 1 heterocycles. The molecule has 1 aliphatic rings. The molecule has 0 aliphatic carbocycles. The lowest BCUT2D eigenvalue weighted by atomic mass is 10.0. The Morgan fingerprint density at radius 1 is 0.850 bits per heavy atom. The van der Waals surface area contributed by atoms with E-state index in [0.29, 0.717) is 0 Å². The van der Waals surface area contributed by atoms with Gasteiger partial charge in [0.05, 0.1) is 5.69 Å². The molecule has 0 saturated carbocycles. The monoisotopic (exact) mass is 266 g/mol. The maximum absolute atomic E-state index is 4.37. The van der Waals surface area contributed by atoms with Gasteiger partial charge in [0.25, 0.3) is 0 Å². The van der Waals surface area contributed by atoms with Crippen molar-refractivity contribution >= 4 is 11.9 Å². The molecular weight excluding hydrogens is 244 g/mol. The Kier molecular flexibility index (Phi) is 4.94. The summed E-state index contributed by atoms with van der Waals surface area (Å²) in [6.45, 7) is 7.47. The number of rotatable bonds is 1.